The van der Waals surface area contributed by atoms with Crippen molar-refractivity contribution in [3.05, 3.63) is 83.3 Å². The highest BCUT2D eigenvalue weighted by atomic mass is 16.1. The second-order valence-corrected chi connectivity index (χ2v) is 6.07. The number of nitrogens with one attached hydrogen (secondary N) is 2. The molecule has 0 unspecified atom stereocenters. The zero-order chi connectivity index (χ0) is 18.4. The van der Waals surface area contributed by atoms with E-state index in [9.17, 15) is 4.79 Å². The number of carbonyl (C=O) groups is 1. The molecule has 0 fully saturated rings. The Morgan fingerprint density at radius 1 is 1.04 bits per heavy atom. The first-order valence-electron chi connectivity index (χ1n) is 8.66. The molecule has 0 saturated carbocycles. The van der Waals surface area contributed by atoms with Gasteiger partial charge in [-0.25, -0.2) is 9.97 Å². The Kier molecular flexibility index (Phi) is 5.59. The second-order valence-electron chi connectivity index (χ2n) is 6.07. The number of amides is 1. The Morgan fingerprint density at radius 3 is 2.54 bits per heavy atom. The van der Waals surface area contributed by atoms with Crippen LogP contribution in [-0.2, 0) is 13.0 Å². The third kappa shape index (κ3) is 4.45. The van der Waals surface area contributed by atoms with Gasteiger partial charge in [0.25, 0.3) is 5.91 Å². The summed E-state index contributed by atoms with van der Waals surface area (Å²) in [4.78, 5) is 20.7. The van der Waals surface area contributed by atoms with E-state index in [0.717, 1.165) is 23.2 Å². The quantitative estimate of drug-likeness (QED) is 0.707. The lowest BCUT2D eigenvalue weighted by Gasteiger charge is -2.09. The molecule has 0 radical (unpaired) electrons. The normalized spacial score (nSPS) is 10.4. The standard InChI is InChI=1S/C21H22N4O/c1-3-16-8-10-18(11-9-16)25-20-12-19(23-14-24-20)21(26)22-13-17-7-5-4-6-15(17)2/h4-12,14H,3,13H2,1-2H3,(H,22,26)(H,23,24,25). The SMILES string of the molecule is CCc1ccc(Nc2cc(C(=O)NCc3ccccc3C)ncn2)cc1. The molecule has 1 aromatic heterocycles. The van der Waals surface area contributed by atoms with Crippen LogP contribution in [0, 0.1) is 6.92 Å². The van der Waals surface area contributed by atoms with Crippen LogP contribution in [0.5, 0.6) is 0 Å². The highest BCUT2D eigenvalue weighted by Crippen LogP contribution is 2.16. The molecular weight excluding hydrogens is 324 g/mol. The van der Waals surface area contributed by atoms with E-state index in [2.05, 4.69) is 39.7 Å². The molecule has 2 aromatic carbocycles. The van der Waals surface area contributed by atoms with E-state index in [0.29, 0.717) is 18.1 Å². The van der Waals surface area contributed by atoms with Crippen LogP contribution in [0.2, 0.25) is 0 Å². The van der Waals surface area contributed by atoms with Gasteiger partial charge in [-0.15, -0.1) is 0 Å². The zero-order valence-electron chi connectivity index (χ0n) is 15.0. The number of rotatable bonds is 6. The van der Waals surface area contributed by atoms with Crippen LogP contribution in [0.4, 0.5) is 11.5 Å². The minimum Gasteiger partial charge on any atom is -0.347 e. The van der Waals surface area contributed by atoms with Gasteiger partial charge in [0.1, 0.15) is 17.8 Å². The van der Waals surface area contributed by atoms with Gasteiger partial charge in [-0.3, -0.25) is 4.79 Å². The number of benzene rings is 2. The van der Waals surface area contributed by atoms with Crippen LogP contribution >= 0.6 is 0 Å². The Bertz CT molecular complexity index is 891. The van der Waals surface area contributed by atoms with Crippen molar-refractivity contribution < 1.29 is 4.79 Å². The van der Waals surface area contributed by atoms with Gasteiger partial charge in [-0.2, -0.15) is 0 Å². The van der Waals surface area contributed by atoms with E-state index in [1.165, 1.54) is 11.9 Å². The van der Waals surface area contributed by atoms with E-state index in [-0.39, 0.29) is 5.91 Å². The van der Waals surface area contributed by atoms with Crippen LogP contribution in [0.15, 0.2) is 60.9 Å². The monoisotopic (exact) mass is 346 g/mol. The molecule has 26 heavy (non-hydrogen) atoms. The van der Waals surface area contributed by atoms with Crippen LogP contribution in [-0.4, -0.2) is 15.9 Å². The van der Waals surface area contributed by atoms with E-state index in [1.807, 2.05) is 43.3 Å². The van der Waals surface area contributed by atoms with Crippen LogP contribution in [0.3, 0.4) is 0 Å². The molecule has 0 aliphatic carbocycles. The van der Waals surface area contributed by atoms with Crippen LogP contribution in [0.1, 0.15) is 34.1 Å². The van der Waals surface area contributed by atoms with Crippen molar-refractivity contribution in [1.29, 1.82) is 0 Å². The Balaban J connectivity index is 1.66. The lowest BCUT2D eigenvalue weighted by atomic mass is 10.1. The average Bonchev–Trinajstić information content (AvgIpc) is 2.68. The minimum atomic E-state index is -0.222. The highest BCUT2D eigenvalue weighted by Gasteiger charge is 2.09. The maximum absolute atomic E-state index is 12.4. The van der Waals surface area contributed by atoms with Crippen molar-refractivity contribution in [2.45, 2.75) is 26.8 Å². The average molecular weight is 346 g/mol. The second kappa shape index (κ2) is 8.25. The van der Waals surface area contributed by atoms with Gasteiger partial charge in [0, 0.05) is 18.3 Å². The molecule has 0 atom stereocenters. The van der Waals surface area contributed by atoms with Crippen LogP contribution in [0.25, 0.3) is 0 Å². The van der Waals surface area contributed by atoms with Gasteiger partial charge in [0.2, 0.25) is 0 Å². The van der Waals surface area contributed by atoms with Crippen molar-refractivity contribution in [3.8, 4) is 0 Å². The molecule has 3 rings (SSSR count). The molecule has 0 aliphatic heterocycles. The van der Waals surface area contributed by atoms with Gasteiger partial charge >= 0.3 is 0 Å². The lowest BCUT2D eigenvalue weighted by molar-refractivity contribution is 0.0945. The van der Waals surface area contributed by atoms with Crippen LogP contribution < -0.4 is 10.6 Å². The number of aromatic nitrogens is 2. The number of hydrogen-bond donors (Lipinski definition) is 2. The summed E-state index contributed by atoms with van der Waals surface area (Å²) in [5.74, 6) is 0.366. The first-order chi connectivity index (χ1) is 12.7. The van der Waals surface area contributed by atoms with Crippen molar-refractivity contribution >= 4 is 17.4 Å². The summed E-state index contributed by atoms with van der Waals surface area (Å²) in [6, 6.07) is 17.8. The molecule has 132 valence electrons. The van der Waals surface area contributed by atoms with E-state index in [1.54, 1.807) is 6.07 Å². The van der Waals surface area contributed by atoms with Gasteiger partial charge < -0.3 is 10.6 Å². The van der Waals surface area contributed by atoms with Gasteiger partial charge in [0.15, 0.2) is 0 Å². The smallest absolute Gasteiger partial charge is 0.270 e. The molecule has 0 aliphatic rings. The maximum Gasteiger partial charge on any atom is 0.270 e. The van der Waals surface area contributed by atoms with Gasteiger partial charge in [-0.05, 0) is 42.2 Å². The van der Waals surface area contributed by atoms with Crippen molar-refractivity contribution in [1.82, 2.24) is 15.3 Å². The molecule has 2 N–H and O–H groups in total. The lowest BCUT2D eigenvalue weighted by Crippen LogP contribution is -2.24. The molecule has 1 heterocycles. The fraction of sp³-hybridized carbons (Fsp3) is 0.190. The number of anilines is 2. The molecule has 0 spiro atoms. The third-order valence-electron chi connectivity index (χ3n) is 4.23. The van der Waals surface area contributed by atoms with Crippen molar-refractivity contribution in [3.63, 3.8) is 0 Å². The molecule has 3 aromatic rings. The molecule has 0 saturated heterocycles. The number of carbonyl (C=O) groups excluding carboxylic acids is 1. The van der Waals surface area contributed by atoms with Gasteiger partial charge in [0.05, 0.1) is 0 Å². The van der Waals surface area contributed by atoms with E-state index < -0.39 is 0 Å². The number of nitrogens with zero attached hydrogens (tertiary/aromatic N) is 2. The third-order valence-corrected chi connectivity index (χ3v) is 4.23. The first kappa shape index (κ1) is 17.6. The van der Waals surface area contributed by atoms with E-state index >= 15 is 0 Å². The summed E-state index contributed by atoms with van der Waals surface area (Å²) in [5.41, 5.74) is 4.76. The molecule has 5 nitrogen and oxygen atoms in total. The fourth-order valence-corrected chi connectivity index (χ4v) is 2.60. The summed E-state index contributed by atoms with van der Waals surface area (Å²) in [6.45, 7) is 4.61. The summed E-state index contributed by atoms with van der Waals surface area (Å²) >= 11 is 0. The summed E-state index contributed by atoms with van der Waals surface area (Å²) in [6.07, 6.45) is 2.39. The maximum atomic E-state index is 12.4. The fourth-order valence-electron chi connectivity index (χ4n) is 2.60. The highest BCUT2D eigenvalue weighted by molar-refractivity contribution is 5.92. The molecule has 0 bridgehead atoms. The predicted octanol–water partition coefficient (Wildman–Crippen LogP) is 4.02. The topological polar surface area (TPSA) is 66.9 Å². The Morgan fingerprint density at radius 2 is 1.81 bits per heavy atom. The van der Waals surface area contributed by atoms with Gasteiger partial charge in [-0.1, -0.05) is 43.3 Å². The zero-order valence-corrected chi connectivity index (χ0v) is 15.0. The number of aryl methyl sites for hydroxylation is 2. The summed E-state index contributed by atoms with van der Waals surface area (Å²) < 4.78 is 0. The van der Waals surface area contributed by atoms with Crippen molar-refractivity contribution in [2.75, 3.05) is 5.32 Å². The Hall–Kier alpha value is -3.21. The molecular formula is C21H22N4O. The predicted molar refractivity (Wildman–Crippen MR) is 103 cm³/mol. The van der Waals surface area contributed by atoms with Crippen molar-refractivity contribution in [2.24, 2.45) is 0 Å². The first-order valence-corrected chi connectivity index (χ1v) is 8.66. The summed E-state index contributed by atoms with van der Waals surface area (Å²) in [5, 5.41) is 6.11. The molecule has 5 heteroatoms. The minimum absolute atomic E-state index is 0.222. The molecule has 1 amide bonds. The largest absolute Gasteiger partial charge is 0.347 e. The Labute approximate surface area is 153 Å². The number of hydrogen-bond acceptors (Lipinski definition) is 4. The summed E-state index contributed by atoms with van der Waals surface area (Å²) in [7, 11) is 0. The van der Waals surface area contributed by atoms with E-state index in [4.69, 9.17) is 0 Å².